The van der Waals surface area contributed by atoms with Gasteiger partial charge < -0.3 is 10.1 Å². The van der Waals surface area contributed by atoms with Crippen LogP contribution in [0, 0.1) is 0 Å². The van der Waals surface area contributed by atoms with Gasteiger partial charge in [0.2, 0.25) is 0 Å². The zero-order valence-corrected chi connectivity index (χ0v) is 15.4. The van der Waals surface area contributed by atoms with E-state index in [2.05, 4.69) is 17.4 Å². The lowest BCUT2D eigenvalue weighted by atomic mass is 10.2. The zero-order valence-electron chi connectivity index (χ0n) is 14.6. The number of nitrogens with one attached hydrogen (secondary N) is 1. The minimum Gasteiger partial charge on any atom is -0.481 e. The van der Waals surface area contributed by atoms with Crippen LogP contribution in [0.5, 0.6) is 5.75 Å². The summed E-state index contributed by atoms with van der Waals surface area (Å²) in [7, 11) is 0. The van der Waals surface area contributed by atoms with Crippen molar-refractivity contribution in [2.45, 2.75) is 29.2 Å². The number of hydrogen-bond donors (Lipinski definition) is 1. The van der Waals surface area contributed by atoms with Gasteiger partial charge in [0, 0.05) is 9.79 Å². The van der Waals surface area contributed by atoms with E-state index < -0.39 is 6.10 Å². The minimum atomic E-state index is -0.535. The van der Waals surface area contributed by atoms with Crippen LogP contribution in [-0.4, -0.2) is 12.0 Å². The molecule has 0 saturated carbocycles. The van der Waals surface area contributed by atoms with Crippen molar-refractivity contribution in [1.29, 1.82) is 0 Å². The molecule has 0 saturated heterocycles. The maximum atomic E-state index is 12.7. The maximum absolute atomic E-state index is 12.7. The summed E-state index contributed by atoms with van der Waals surface area (Å²) >= 11 is 1.62. The fraction of sp³-hybridized carbons (Fsp3) is 0.136. The molecule has 0 aliphatic rings. The number of carbonyl (C=O) groups is 1. The summed E-state index contributed by atoms with van der Waals surface area (Å²) in [6.07, 6.45) is 0.0570. The average Bonchev–Trinajstić information content (AvgIpc) is 2.69. The highest BCUT2D eigenvalue weighted by atomic mass is 32.2. The van der Waals surface area contributed by atoms with E-state index in [1.807, 2.05) is 79.7 Å². The van der Waals surface area contributed by atoms with Crippen molar-refractivity contribution in [2.24, 2.45) is 0 Å². The van der Waals surface area contributed by atoms with Crippen LogP contribution >= 0.6 is 11.8 Å². The van der Waals surface area contributed by atoms with Crippen LogP contribution in [0.3, 0.4) is 0 Å². The first-order valence-corrected chi connectivity index (χ1v) is 9.42. The topological polar surface area (TPSA) is 38.3 Å². The van der Waals surface area contributed by atoms with Crippen LogP contribution in [0.2, 0.25) is 0 Å². The largest absolute Gasteiger partial charge is 0.481 e. The van der Waals surface area contributed by atoms with Crippen molar-refractivity contribution < 1.29 is 9.53 Å². The Balaban J connectivity index is 1.72. The molecular formula is C22H21NO2S. The second kappa shape index (κ2) is 9.11. The van der Waals surface area contributed by atoms with Crippen molar-refractivity contribution in [1.82, 2.24) is 0 Å². The van der Waals surface area contributed by atoms with Crippen LogP contribution in [0.4, 0.5) is 5.69 Å². The lowest BCUT2D eigenvalue weighted by Gasteiger charge is -2.18. The van der Waals surface area contributed by atoms with Gasteiger partial charge in [-0.05, 0) is 42.8 Å². The molecule has 0 radical (unpaired) electrons. The predicted octanol–water partition coefficient (Wildman–Crippen LogP) is 5.63. The zero-order chi connectivity index (χ0) is 18.2. The number of amides is 1. The van der Waals surface area contributed by atoms with Crippen molar-refractivity contribution in [3.05, 3.63) is 84.9 Å². The van der Waals surface area contributed by atoms with Gasteiger partial charge in [-0.2, -0.15) is 0 Å². The molecule has 0 spiro atoms. The van der Waals surface area contributed by atoms with E-state index in [-0.39, 0.29) is 5.91 Å². The summed E-state index contributed by atoms with van der Waals surface area (Å²) in [5.74, 6) is 0.555. The molecule has 26 heavy (non-hydrogen) atoms. The molecular weight excluding hydrogens is 342 g/mol. The van der Waals surface area contributed by atoms with Gasteiger partial charge in [0.15, 0.2) is 6.10 Å². The molecule has 0 heterocycles. The third-order valence-corrected chi connectivity index (χ3v) is 4.88. The second-order valence-electron chi connectivity index (χ2n) is 5.73. The van der Waals surface area contributed by atoms with Crippen LogP contribution in [-0.2, 0) is 4.79 Å². The van der Waals surface area contributed by atoms with Gasteiger partial charge in [-0.1, -0.05) is 67.2 Å². The summed E-state index contributed by atoms with van der Waals surface area (Å²) in [4.78, 5) is 14.8. The van der Waals surface area contributed by atoms with E-state index in [0.29, 0.717) is 12.2 Å². The smallest absolute Gasteiger partial charge is 0.265 e. The molecule has 0 bridgehead atoms. The Bertz CT molecular complexity index is 837. The lowest BCUT2D eigenvalue weighted by Crippen LogP contribution is -2.32. The van der Waals surface area contributed by atoms with Gasteiger partial charge in [-0.25, -0.2) is 0 Å². The number of para-hydroxylation sites is 2. The van der Waals surface area contributed by atoms with Crippen LogP contribution < -0.4 is 10.1 Å². The monoisotopic (exact) mass is 363 g/mol. The molecule has 1 N–H and O–H groups in total. The van der Waals surface area contributed by atoms with E-state index >= 15 is 0 Å². The molecule has 3 rings (SSSR count). The molecule has 3 aromatic carbocycles. The quantitative estimate of drug-likeness (QED) is 0.591. The molecule has 3 aromatic rings. The Kier molecular flexibility index (Phi) is 6.34. The first-order valence-electron chi connectivity index (χ1n) is 8.60. The third-order valence-electron chi connectivity index (χ3n) is 3.80. The highest BCUT2D eigenvalue weighted by Gasteiger charge is 2.19. The summed E-state index contributed by atoms with van der Waals surface area (Å²) in [5.41, 5.74) is 0.793. The van der Waals surface area contributed by atoms with Crippen molar-refractivity contribution in [3.8, 4) is 5.75 Å². The number of hydrogen-bond acceptors (Lipinski definition) is 3. The highest BCUT2D eigenvalue weighted by molar-refractivity contribution is 7.99. The molecule has 0 fully saturated rings. The maximum Gasteiger partial charge on any atom is 0.265 e. The number of anilines is 1. The van der Waals surface area contributed by atoms with Gasteiger partial charge in [0.1, 0.15) is 5.75 Å². The first-order chi connectivity index (χ1) is 12.8. The van der Waals surface area contributed by atoms with Crippen LogP contribution in [0.1, 0.15) is 13.3 Å². The fourth-order valence-corrected chi connectivity index (χ4v) is 3.40. The Morgan fingerprint density at radius 3 is 2.23 bits per heavy atom. The molecule has 0 aliphatic heterocycles. The molecule has 1 atom stereocenters. The molecule has 0 unspecified atom stereocenters. The fourth-order valence-electron chi connectivity index (χ4n) is 2.47. The number of benzene rings is 3. The standard InChI is InChI=1S/C22H21NO2S/c1-2-20(25-17-11-5-3-6-12-17)22(24)23-19-15-9-10-16-21(19)26-18-13-7-4-8-14-18/h3-16,20H,2H2,1H3,(H,23,24)/t20-/m0/s1. The Hall–Kier alpha value is -2.72. The normalized spacial score (nSPS) is 11.6. The molecule has 3 nitrogen and oxygen atoms in total. The first kappa shape index (κ1) is 18.1. The van der Waals surface area contributed by atoms with Crippen LogP contribution in [0.15, 0.2) is 94.7 Å². The third kappa shape index (κ3) is 4.90. The van der Waals surface area contributed by atoms with E-state index in [1.165, 1.54) is 0 Å². The predicted molar refractivity (Wildman–Crippen MR) is 107 cm³/mol. The highest BCUT2D eigenvalue weighted by Crippen LogP contribution is 2.33. The number of carbonyl (C=O) groups excluding carboxylic acids is 1. The average molecular weight is 363 g/mol. The van der Waals surface area contributed by atoms with E-state index in [9.17, 15) is 4.79 Å². The van der Waals surface area contributed by atoms with Gasteiger partial charge in [-0.3, -0.25) is 4.79 Å². The summed E-state index contributed by atoms with van der Waals surface area (Å²) < 4.78 is 5.84. The lowest BCUT2D eigenvalue weighted by molar-refractivity contribution is -0.122. The summed E-state index contributed by atoms with van der Waals surface area (Å²) in [6, 6.07) is 27.3. The molecule has 4 heteroatoms. The van der Waals surface area contributed by atoms with Gasteiger partial charge >= 0.3 is 0 Å². The van der Waals surface area contributed by atoms with Crippen LogP contribution in [0.25, 0.3) is 0 Å². The second-order valence-corrected chi connectivity index (χ2v) is 6.84. The van der Waals surface area contributed by atoms with Crippen molar-refractivity contribution >= 4 is 23.4 Å². The Labute approximate surface area is 158 Å². The van der Waals surface area contributed by atoms with Gasteiger partial charge in [0.05, 0.1) is 5.69 Å². The minimum absolute atomic E-state index is 0.141. The molecule has 1 amide bonds. The summed E-state index contributed by atoms with van der Waals surface area (Å²) in [5, 5.41) is 3.02. The summed E-state index contributed by atoms with van der Waals surface area (Å²) in [6.45, 7) is 1.94. The number of rotatable bonds is 7. The van der Waals surface area contributed by atoms with E-state index in [1.54, 1.807) is 11.8 Å². The van der Waals surface area contributed by atoms with Gasteiger partial charge in [0.25, 0.3) is 5.91 Å². The van der Waals surface area contributed by atoms with E-state index in [4.69, 9.17) is 4.74 Å². The molecule has 0 aliphatic carbocycles. The number of ether oxygens (including phenoxy) is 1. The Morgan fingerprint density at radius 2 is 1.54 bits per heavy atom. The Morgan fingerprint density at radius 1 is 0.923 bits per heavy atom. The van der Waals surface area contributed by atoms with Crippen molar-refractivity contribution in [2.75, 3.05) is 5.32 Å². The van der Waals surface area contributed by atoms with Gasteiger partial charge in [-0.15, -0.1) is 0 Å². The van der Waals surface area contributed by atoms with Crippen molar-refractivity contribution in [3.63, 3.8) is 0 Å². The SMILES string of the molecule is CC[C@H](Oc1ccccc1)C(=O)Nc1ccccc1Sc1ccccc1. The van der Waals surface area contributed by atoms with E-state index in [0.717, 1.165) is 15.5 Å². The molecule has 0 aromatic heterocycles. The molecule has 132 valence electrons.